The van der Waals surface area contributed by atoms with Gasteiger partial charge in [-0.15, -0.1) is 0 Å². The van der Waals surface area contributed by atoms with E-state index in [1.54, 1.807) is 21.3 Å². The van der Waals surface area contributed by atoms with E-state index < -0.39 is 0 Å². The number of rotatable bonds is 9. The summed E-state index contributed by atoms with van der Waals surface area (Å²) in [7, 11) is 4.70. The summed E-state index contributed by atoms with van der Waals surface area (Å²) in [5.41, 5.74) is 8.03. The third kappa shape index (κ3) is 5.13. The second-order valence-electron chi connectivity index (χ2n) is 5.85. The van der Waals surface area contributed by atoms with Crippen molar-refractivity contribution in [1.82, 2.24) is 5.32 Å². The molecule has 3 N–H and O–H groups in total. The van der Waals surface area contributed by atoms with Gasteiger partial charge in [-0.2, -0.15) is 0 Å². The first-order chi connectivity index (χ1) is 12.6. The van der Waals surface area contributed by atoms with Crippen LogP contribution in [0.25, 0.3) is 0 Å². The highest BCUT2D eigenvalue weighted by atomic mass is 16.5. The van der Waals surface area contributed by atoms with Crippen molar-refractivity contribution >= 4 is 5.91 Å². The van der Waals surface area contributed by atoms with Crippen LogP contribution in [0.3, 0.4) is 0 Å². The molecule has 2 aromatic rings. The van der Waals surface area contributed by atoms with Crippen molar-refractivity contribution in [3.8, 4) is 17.2 Å². The number of carbonyl (C=O) groups excluding carboxylic acids is 1. The second kappa shape index (κ2) is 9.68. The molecule has 2 rings (SSSR count). The Hall–Kier alpha value is -2.73. The molecular weight excluding hydrogens is 332 g/mol. The quantitative estimate of drug-likeness (QED) is 0.719. The van der Waals surface area contributed by atoms with E-state index in [-0.39, 0.29) is 11.9 Å². The van der Waals surface area contributed by atoms with Crippen molar-refractivity contribution in [2.24, 2.45) is 5.73 Å². The Bertz CT molecular complexity index is 694. The van der Waals surface area contributed by atoms with Crippen molar-refractivity contribution in [2.45, 2.75) is 18.9 Å². The second-order valence-corrected chi connectivity index (χ2v) is 5.85. The molecule has 0 saturated carbocycles. The minimum Gasteiger partial charge on any atom is -0.493 e. The average molecular weight is 358 g/mol. The van der Waals surface area contributed by atoms with Crippen molar-refractivity contribution in [1.29, 1.82) is 0 Å². The Balaban J connectivity index is 1.91. The van der Waals surface area contributed by atoms with Crippen molar-refractivity contribution in [3.63, 3.8) is 0 Å². The van der Waals surface area contributed by atoms with E-state index >= 15 is 0 Å². The highest BCUT2D eigenvalue weighted by molar-refractivity contribution is 5.76. The van der Waals surface area contributed by atoms with E-state index in [9.17, 15) is 4.79 Å². The number of aryl methyl sites for hydroxylation is 1. The number of nitrogens with one attached hydrogen (secondary N) is 1. The molecule has 26 heavy (non-hydrogen) atoms. The number of ether oxygens (including phenoxy) is 3. The molecule has 0 aliphatic heterocycles. The van der Waals surface area contributed by atoms with E-state index in [2.05, 4.69) is 5.32 Å². The van der Waals surface area contributed by atoms with Crippen LogP contribution in [0.2, 0.25) is 0 Å². The molecule has 0 aromatic heterocycles. The Morgan fingerprint density at radius 2 is 1.65 bits per heavy atom. The minimum atomic E-state index is -0.221. The maximum atomic E-state index is 12.1. The summed E-state index contributed by atoms with van der Waals surface area (Å²) < 4.78 is 16.0. The van der Waals surface area contributed by atoms with E-state index in [0.29, 0.717) is 36.6 Å². The molecule has 6 heteroatoms. The van der Waals surface area contributed by atoms with Crippen LogP contribution in [0.4, 0.5) is 0 Å². The van der Waals surface area contributed by atoms with Gasteiger partial charge in [0.1, 0.15) is 0 Å². The first-order valence-corrected chi connectivity index (χ1v) is 8.45. The summed E-state index contributed by atoms with van der Waals surface area (Å²) >= 11 is 0. The fourth-order valence-electron chi connectivity index (χ4n) is 2.67. The summed E-state index contributed by atoms with van der Waals surface area (Å²) in [6.45, 7) is 0.401. The van der Waals surface area contributed by atoms with Crippen LogP contribution >= 0.6 is 0 Å². The number of hydrogen-bond donors (Lipinski definition) is 2. The molecule has 1 atom stereocenters. The summed E-state index contributed by atoms with van der Waals surface area (Å²) in [4.78, 5) is 12.1. The number of amides is 1. The Morgan fingerprint density at radius 3 is 2.19 bits per heavy atom. The summed E-state index contributed by atoms with van der Waals surface area (Å²) in [6, 6.07) is 13.2. The molecule has 0 saturated heterocycles. The largest absolute Gasteiger partial charge is 0.493 e. The van der Waals surface area contributed by atoms with E-state index in [0.717, 1.165) is 11.1 Å². The zero-order valence-corrected chi connectivity index (χ0v) is 15.5. The van der Waals surface area contributed by atoms with Gasteiger partial charge in [-0.05, 0) is 29.7 Å². The van der Waals surface area contributed by atoms with Gasteiger partial charge in [-0.3, -0.25) is 4.79 Å². The van der Waals surface area contributed by atoms with E-state index in [1.807, 2.05) is 42.5 Å². The molecule has 140 valence electrons. The lowest BCUT2D eigenvalue weighted by Gasteiger charge is -2.15. The van der Waals surface area contributed by atoms with Gasteiger partial charge in [0.25, 0.3) is 0 Å². The van der Waals surface area contributed by atoms with Gasteiger partial charge in [0.15, 0.2) is 11.5 Å². The molecule has 1 amide bonds. The third-order valence-corrected chi connectivity index (χ3v) is 4.11. The zero-order valence-electron chi connectivity index (χ0n) is 15.5. The standard InChI is InChI=1S/C20H26N2O4/c1-24-17-11-14(12-18(25-2)20(17)26-3)9-10-19(23)22-13-16(21)15-7-5-4-6-8-15/h4-8,11-12,16H,9-10,13,21H2,1-3H3,(H,22,23). The molecule has 0 fully saturated rings. The van der Waals surface area contributed by atoms with Gasteiger partial charge in [-0.25, -0.2) is 0 Å². The molecule has 2 aromatic carbocycles. The van der Waals surface area contributed by atoms with Crippen LogP contribution in [-0.2, 0) is 11.2 Å². The summed E-state index contributed by atoms with van der Waals surface area (Å²) in [5, 5.41) is 2.88. The molecule has 0 aliphatic carbocycles. The fourth-order valence-corrected chi connectivity index (χ4v) is 2.67. The first-order valence-electron chi connectivity index (χ1n) is 8.45. The van der Waals surface area contributed by atoms with Gasteiger partial charge < -0.3 is 25.3 Å². The maximum Gasteiger partial charge on any atom is 0.220 e. The highest BCUT2D eigenvalue weighted by Crippen LogP contribution is 2.38. The Labute approximate surface area is 154 Å². The van der Waals surface area contributed by atoms with Crippen LogP contribution in [-0.4, -0.2) is 33.8 Å². The topological polar surface area (TPSA) is 82.8 Å². The molecule has 6 nitrogen and oxygen atoms in total. The van der Waals surface area contributed by atoms with Crippen LogP contribution in [0, 0.1) is 0 Å². The van der Waals surface area contributed by atoms with Gasteiger partial charge >= 0.3 is 0 Å². The molecule has 1 unspecified atom stereocenters. The lowest BCUT2D eigenvalue weighted by atomic mass is 10.1. The highest BCUT2D eigenvalue weighted by Gasteiger charge is 2.14. The predicted molar refractivity (Wildman–Crippen MR) is 101 cm³/mol. The maximum absolute atomic E-state index is 12.1. The minimum absolute atomic E-state index is 0.0508. The number of methoxy groups -OCH3 is 3. The first kappa shape index (κ1) is 19.6. The lowest BCUT2D eigenvalue weighted by molar-refractivity contribution is -0.121. The normalized spacial score (nSPS) is 11.5. The van der Waals surface area contributed by atoms with E-state index in [1.165, 1.54) is 0 Å². The number of nitrogens with two attached hydrogens (primary N) is 1. The summed E-state index contributed by atoms with van der Waals surface area (Å²) in [6.07, 6.45) is 0.906. The number of benzene rings is 2. The summed E-state index contributed by atoms with van der Waals surface area (Å²) in [5.74, 6) is 1.64. The van der Waals surface area contributed by atoms with Crippen LogP contribution in [0.15, 0.2) is 42.5 Å². The van der Waals surface area contributed by atoms with E-state index in [4.69, 9.17) is 19.9 Å². The van der Waals surface area contributed by atoms with Crippen molar-refractivity contribution in [2.75, 3.05) is 27.9 Å². The van der Waals surface area contributed by atoms with Gasteiger partial charge in [0.05, 0.1) is 21.3 Å². The van der Waals surface area contributed by atoms with Crippen molar-refractivity contribution < 1.29 is 19.0 Å². The molecule has 0 heterocycles. The van der Waals surface area contributed by atoms with Gasteiger partial charge in [0.2, 0.25) is 11.7 Å². The third-order valence-electron chi connectivity index (χ3n) is 4.11. The molecular formula is C20H26N2O4. The van der Waals surface area contributed by atoms with Gasteiger partial charge in [-0.1, -0.05) is 30.3 Å². The smallest absolute Gasteiger partial charge is 0.220 e. The monoisotopic (exact) mass is 358 g/mol. The molecule has 0 aliphatic rings. The van der Waals surface area contributed by atoms with Crippen molar-refractivity contribution in [3.05, 3.63) is 53.6 Å². The molecule has 0 spiro atoms. The Kier molecular flexibility index (Phi) is 7.29. The fraction of sp³-hybridized carbons (Fsp3) is 0.350. The lowest BCUT2D eigenvalue weighted by Crippen LogP contribution is -2.32. The average Bonchev–Trinajstić information content (AvgIpc) is 2.69. The van der Waals surface area contributed by atoms with Crippen LogP contribution < -0.4 is 25.3 Å². The van der Waals surface area contributed by atoms with Crippen LogP contribution in [0.5, 0.6) is 17.2 Å². The van der Waals surface area contributed by atoms with Gasteiger partial charge in [0, 0.05) is 19.0 Å². The zero-order chi connectivity index (χ0) is 18.9. The molecule has 0 bridgehead atoms. The number of carbonyl (C=O) groups is 1. The molecule has 0 radical (unpaired) electrons. The SMILES string of the molecule is COc1cc(CCC(=O)NCC(N)c2ccccc2)cc(OC)c1OC. The predicted octanol–water partition coefficient (Wildman–Crippen LogP) is 2.46. The number of hydrogen-bond acceptors (Lipinski definition) is 5. The Morgan fingerprint density at radius 1 is 1.04 bits per heavy atom. The van der Waals surface area contributed by atoms with Crippen LogP contribution in [0.1, 0.15) is 23.6 Å².